The molecule has 2 aromatic rings. The van der Waals surface area contributed by atoms with E-state index >= 15 is 0 Å². The summed E-state index contributed by atoms with van der Waals surface area (Å²) in [7, 11) is -7.69. The Bertz CT molecular complexity index is 1010. The molecule has 0 spiro atoms. The third-order valence-corrected chi connectivity index (χ3v) is 24.7. The molecular weight excluding hydrogens is 589 g/mol. The standard InChI is InChI=1S/C34H58O6Si3/c1-10-41(11-2,12-3)38-31-28(35)32(39-42(13-4,14-5)15-6)30(37)33(29(31)36)40-43(34(7,8)9,26-22-18-16-19-23-26)27-24-20-17-21-25-27/h16-25,28-33,35-37H,10-15H2,1-9H3/t28?,29-,30-,31-,32+,33?/m1/s1. The van der Waals surface area contributed by atoms with Gasteiger partial charge in [-0.3, -0.25) is 0 Å². The van der Waals surface area contributed by atoms with E-state index in [2.05, 4.69) is 86.6 Å². The van der Waals surface area contributed by atoms with Crippen LogP contribution in [0.1, 0.15) is 62.3 Å². The minimum atomic E-state index is -3.16. The van der Waals surface area contributed by atoms with Gasteiger partial charge < -0.3 is 28.6 Å². The SMILES string of the molecule is CC[Si](CC)(CC)O[C@@H]1C(O)[C@H](O[Si](CC)(CC)CC)[C@@H](O)C(O[Si](c2ccccc2)(c2ccccc2)C(C)(C)C)[C@@H]1O. The molecule has 0 aliphatic heterocycles. The normalized spacial score (nSPS) is 25.6. The third kappa shape index (κ3) is 7.15. The van der Waals surface area contributed by atoms with E-state index in [-0.39, 0.29) is 5.04 Å². The van der Waals surface area contributed by atoms with Crippen LogP contribution in [0.3, 0.4) is 0 Å². The molecular formula is C34H58O6Si3. The average molecular weight is 647 g/mol. The van der Waals surface area contributed by atoms with Crippen molar-refractivity contribution < 1.29 is 28.6 Å². The number of hydrogen-bond acceptors (Lipinski definition) is 6. The van der Waals surface area contributed by atoms with Crippen LogP contribution in [0.2, 0.25) is 41.3 Å². The summed E-state index contributed by atoms with van der Waals surface area (Å²) in [6, 6.07) is 25.8. The van der Waals surface area contributed by atoms with Gasteiger partial charge in [0.25, 0.3) is 8.32 Å². The minimum Gasteiger partial charge on any atom is -0.408 e. The van der Waals surface area contributed by atoms with Crippen LogP contribution in [-0.4, -0.2) is 76.9 Å². The van der Waals surface area contributed by atoms with Crippen molar-refractivity contribution in [3.63, 3.8) is 0 Å². The van der Waals surface area contributed by atoms with Crippen LogP contribution >= 0.6 is 0 Å². The second kappa shape index (κ2) is 15.0. The van der Waals surface area contributed by atoms with E-state index in [4.69, 9.17) is 13.3 Å². The lowest BCUT2D eigenvalue weighted by Crippen LogP contribution is -2.74. The summed E-state index contributed by atoms with van der Waals surface area (Å²) in [6.45, 7) is 19.4. The van der Waals surface area contributed by atoms with Crippen LogP contribution in [0, 0.1) is 0 Å². The molecule has 0 saturated heterocycles. The largest absolute Gasteiger partial charge is 0.408 e. The monoisotopic (exact) mass is 646 g/mol. The van der Waals surface area contributed by atoms with Gasteiger partial charge in [-0.25, -0.2) is 0 Å². The Labute approximate surface area is 264 Å². The van der Waals surface area contributed by atoms with Crippen molar-refractivity contribution >= 4 is 35.3 Å². The van der Waals surface area contributed by atoms with Gasteiger partial charge in [0.05, 0.1) is 0 Å². The van der Waals surface area contributed by atoms with Crippen LogP contribution in [0.25, 0.3) is 0 Å². The van der Waals surface area contributed by atoms with E-state index in [1.807, 2.05) is 36.4 Å². The average Bonchev–Trinajstić information content (AvgIpc) is 3.02. The zero-order valence-corrected chi connectivity index (χ0v) is 31.0. The first kappa shape index (κ1) is 36.3. The van der Waals surface area contributed by atoms with Crippen LogP contribution in [0.5, 0.6) is 0 Å². The molecule has 2 unspecified atom stereocenters. The Kier molecular flexibility index (Phi) is 12.6. The Hall–Kier alpha value is -1.15. The Morgan fingerprint density at radius 2 is 0.791 bits per heavy atom. The predicted molar refractivity (Wildman–Crippen MR) is 185 cm³/mol. The zero-order valence-electron chi connectivity index (χ0n) is 28.0. The Morgan fingerprint density at radius 1 is 0.512 bits per heavy atom. The van der Waals surface area contributed by atoms with Crippen LogP contribution in [0.4, 0.5) is 0 Å². The molecule has 1 saturated carbocycles. The first-order valence-electron chi connectivity index (χ1n) is 16.5. The molecule has 43 heavy (non-hydrogen) atoms. The van der Waals surface area contributed by atoms with E-state index in [0.717, 1.165) is 46.6 Å². The van der Waals surface area contributed by atoms with Crippen molar-refractivity contribution in [2.24, 2.45) is 0 Å². The van der Waals surface area contributed by atoms with Crippen molar-refractivity contribution in [1.29, 1.82) is 0 Å². The molecule has 1 aliphatic carbocycles. The molecule has 0 heterocycles. The molecule has 6 nitrogen and oxygen atoms in total. The van der Waals surface area contributed by atoms with Crippen molar-refractivity contribution in [2.45, 2.75) is 140 Å². The van der Waals surface area contributed by atoms with Crippen LogP contribution in [0.15, 0.2) is 60.7 Å². The van der Waals surface area contributed by atoms with Gasteiger partial charge in [0.15, 0.2) is 16.6 Å². The maximum atomic E-state index is 12.2. The summed E-state index contributed by atoms with van der Waals surface area (Å²) in [5.41, 5.74) is 0. The van der Waals surface area contributed by atoms with Crippen molar-refractivity contribution in [3.05, 3.63) is 60.7 Å². The number of rotatable bonds is 14. The van der Waals surface area contributed by atoms with Gasteiger partial charge in [0.1, 0.15) is 36.6 Å². The smallest absolute Gasteiger partial charge is 0.261 e. The molecule has 0 aromatic heterocycles. The number of aliphatic hydroxyl groups is 3. The quantitative estimate of drug-likeness (QED) is 0.225. The van der Waals surface area contributed by atoms with E-state index < -0.39 is 61.6 Å². The molecule has 3 N–H and O–H groups in total. The van der Waals surface area contributed by atoms with Crippen LogP contribution < -0.4 is 10.4 Å². The van der Waals surface area contributed by atoms with Gasteiger partial charge in [-0.05, 0) is 51.7 Å². The summed E-state index contributed by atoms with van der Waals surface area (Å²) in [5.74, 6) is 0. The lowest BCUT2D eigenvalue weighted by Gasteiger charge is -2.53. The summed E-state index contributed by atoms with van der Waals surface area (Å²) < 4.78 is 21.1. The topological polar surface area (TPSA) is 88.4 Å². The third-order valence-electron chi connectivity index (χ3n) is 10.4. The molecule has 9 heteroatoms. The van der Waals surface area contributed by atoms with E-state index in [1.165, 1.54) is 0 Å². The molecule has 0 radical (unpaired) electrons. The van der Waals surface area contributed by atoms with Crippen molar-refractivity contribution in [3.8, 4) is 0 Å². The predicted octanol–water partition coefficient (Wildman–Crippen LogP) is 5.81. The van der Waals surface area contributed by atoms with Crippen molar-refractivity contribution in [1.82, 2.24) is 0 Å². The molecule has 3 rings (SSSR count). The molecule has 6 atom stereocenters. The summed E-state index contributed by atoms with van der Waals surface area (Å²) in [4.78, 5) is 0. The molecule has 2 aromatic carbocycles. The van der Waals surface area contributed by atoms with Crippen LogP contribution in [-0.2, 0) is 13.3 Å². The zero-order chi connectivity index (χ0) is 32.1. The van der Waals surface area contributed by atoms with E-state index in [9.17, 15) is 15.3 Å². The highest BCUT2D eigenvalue weighted by atomic mass is 28.4. The lowest BCUT2D eigenvalue weighted by molar-refractivity contribution is -0.210. The highest BCUT2D eigenvalue weighted by Crippen LogP contribution is 2.42. The van der Waals surface area contributed by atoms with Crippen molar-refractivity contribution in [2.75, 3.05) is 0 Å². The molecule has 0 amide bonds. The second-order valence-electron chi connectivity index (χ2n) is 13.4. The van der Waals surface area contributed by atoms with E-state index in [1.54, 1.807) is 0 Å². The maximum absolute atomic E-state index is 12.2. The fourth-order valence-electron chi connectivity index (χ4n) is 7.06. The maximum Gasteiger partial charge on any atom is 0.261 e. The van der Waals surface area contributed by atoms with Gasteiger partial charge in [0.2, 0.25) is 0 Å². The fourth-order valence-corrected chi connectivity index (χ4v) is 17.5. The highest BCUT2D eigenvalue weighted by molar-refractivity contribution is 6.99. The number of benzene rings is 2. The molecule has 1 aliphatic rings. The van der Waals surface area contributed by atoms with Gasteiger partial charge in [-0.1, -0.05) is 123 Å². The fraction of sp³-hybridized carbons (Fsp3) is 0.647. The molecule has 0 bridgehead atoms. The Balaban J connectivity index is 2.24. The minimum absolute atomic E-state index is 0.360. The summed E-state index contributed by atoms with van der Waals surface area (Å²) in [5, 5.41) is 38.0. The second-order valence-corrected chi connectivity index (χ2v) is 27.1. The Morgan fingerprint density at radius 3 is 1.05 bits per heavy atom. The summed E-state index contributed by atoms with van der Waals surface area (Å²) in [6.07, 6.45) is -6.48. The summed E-state index contributed by atoms with van der Waals surface area (Å²) >= 11 is 0. The first-order chi connectivity index (χ1) is 20.3. The first-order valence-corrected chi connectivity index (χ1v) is 23.5. The highest BCUT2D eigenvalue weighted by Gasteiger charge is 2.59. The number of hydrogen-bond donors (Lipinski definition) is 3. The van der Waals surface area contributed by atoms with Gasteiger partial charge in [-0.2, -0.15) is 0 Å². The lowest BCUT2D eigenvalue weighted by atomic mass is 9.85. The van der Waals surface area contributed by atoms with E-state index in [0.29, 0.717) is 0 Å². The van der Waals surface area contributed by atoms with Gasteiger partial charge >= 0.3 is 0 Å². The van der Waals surface area contributed by atoms with Gasteiger partial charge in [0, 0.05) is 0 Å². The molecule has 242 valence electrons. The van der Waals surface area contributed by atoms with Gasteiger partial charge in [-0.15, -0.1) is 0 Å². The molecule has 1 fully saturated rings. The number of aliphatic hydroxyl groups excluding tert-OH is 3.